The van der Waals surface area contributed by atoms with Crippen LogP contribution in [0, 0.1) is 13.8 Å². The minimum absolute atomic E-state index is 0.422. The van der Waals surface area contributed by atoms with Crippen LogP contribution in [0.4, 0.5) is 5.82 Å². The average Bonchev–Trinajstić information content (AvgIpc) is 3.04. The summed E-state index contributed by atoms with van der Waals surface area (Å²) in [5.41, 5.74) is 6.41. The van der Waals surface area contributed by atoms with Crippen molar-refractivity contribution in [3.63, 3.8) is 0 Å². The van der Waals surface area contributed by atoms with Crippen molar-refractivity contribution in [2.45, 2.75) is 60.3 Å². The fourth-order valence-electron chi connectivity index (χ4n) is 3.54. The summed E-state index contributed by atoms with van der Waals surface area (Å²) in [7, 11) is 0. The molecule has 0 N–H and O–H groups in total. The lowest BCUT2D eigenvalue weighted by atomic mass is 10.0. The summed E-state index contributed by atoms with van der Waals surface area (Å²) in [5, 5.41) is 4.70. The summed E-state index contributed by atoms with van der Waals surface area (Å²) in [6, 6.07) is 4.32. The standard InChI is InChI=1S/C22H31N5/c1-7-9-26(10-8-2)21-12-17(6)25-22-19(14-24-27(21)22)18-13-23-20(15(3)4)11-16(18)5/h11-15H,7-10H2,1-6H3. The molecule has 3 heterocycles. The second-order valence-electron chi connectivity index (χ2n) is 7.62. The molecule has 0 saturated carbocycles. The fraction of sp³-hybridized carbons (Fsp3) is 0.500. The van der Waals surface area contributed by atoms with Gasteiger partial charge >= 0.3 is 0 Å². The number of anilines is 1. The highest BCUT2D eigenvalue weighted by atomic mass is 15.3. The Hall–Kier alpha value is -2.43. The Morgan fingerprint density at radius 3 is 2.30 bits per heavy atom. The van der Waals surface area contributed by atoms with Gasteiger partial charge in [-0.3, -0.25) is 4.98 Å². The zero-order valence-corrected chi connectivity index (χ0v) is 17.5. The van der Waals surface area contributed by atoms with Gasteiger partial charge in [0.15, 0.2) is 5.65 Å². The molecule has 0 radical (unpaired) electrons. The molecule has 0 fully saturated rings. The van der Waals surface area contributed by atoms with Crippen LogP contribution in [0.25, 0.3) is 16.8 Å². The Bertz CT molecular complexity index is 920. The van der Waals surface area contributed by atoms with Crippen molar-refractivity contribution in [2.24, 2.45) is 0 Å². The zero-order chi connectivity index (χ0) is 19.6. The minimum atomic E-state index is 0.422. The third kappa shape index (κ3) is 3.82. The molecule has 5 nitrogen and oxygen atoms in total. The molecule has 0 unspecified atom stereocenters. The predicted molar refractivity (Wildman–Crippen MR) is 113 cm³/mol. The van der Waals surface area contributed by atoms with Gasteiger partial charge in [-0.25, -0.2) is 4.98 Å². The van der Waals surface area contributed by atoms with Gasteiger partial charge in [-0.1, -0.05) is 27.7 Å². The van der Waals surface area contributed by atoms with Crippen LogP contribution in [0.1, 0.15) is 63.4 Å². The van der Waals surface area contributed by atoms with Crippen molar-refractivity contribution in [3.8, 4) is 11.1 Å². The molecule has 3 rings (SSSR count). The van der Waals surface area contributed by atoms with E-state index in [1.54, 1.807) is 0 Å². The topological polar surface area (TPSA) is 46.3 Å². The highest BCUT2D eigenvalue weighted by molar-refractivity contribution is 5.79. The van der Waals surface area contributed by atoms with Crippen molar-refractivity contribution < 1.29 is 0 Å². The lowest BCUT2D eigenvalue weighted by molar-refractivity contribution is 0.714. The van der Waals surface area contributed by atoms with E-state index in [2.05, 4.69) is 63.6 Å². The quantitative estimate of drug-likeness (QED) is 0.580. The van der Waals surface area contributed by atoms with E-state index in [1.165, 1.54) is 5.56 Å². The molecule has 5 heteroatoms. The van der Waals surface area contributed by atoms with Gasteiger partial charge in [-0.15, -0.1) is 0 Å². The number of hydrogen-bond donors (Lipinski definition) is 0. The maximum atomic E-state index is 4.82. The minimum Gasteiger partial charge on any atom is -0.356 e. The summed E-state index contributed by atoms with van der Waals surface area (Å²) >= 11 is 0. The van der Waals surface area contributed by atoms with Gasteiger partial charge < -0.3 is 4.90 Å². The molecule has 144 valence electrons. The Kier molecular flexibility index (Phi) is 5.78. The fourth-order valence-corrected chi connectivity index (χ4v) is 3.54. The van der Waals surface area contributed by atoms with E-state index < -0.39 is 0 Å². The van der Waals surface area contributed by atoms with Crippen molar-refractivity contribution in [2.75, 3.05) is 18.0 Å². The van der Waals surface area contributed by atoms with E-state index in [1.807, 2.05) is 16.9 Å². The second-order valence-corrected chi connectivity index (χ2v) is 7.62. The maximum Gasteiger partial charge on any atom is 0.165 e. The SMILES string of the molecule is CCCN(CCC)c1cc(C)nc2c(-c3cnc(C(C)C)cc3C)cnn12. The summed E-state index contributed by atoms with van der Waals surface area (Å²) < 4.78 is 1.99. The van der Waals surface area contributed by atoms with Crippen LogP contribution in [-0.4, -0.2) is 32.7 Å². The summed E-state index contributed by atoms with van der Waals surface area (Å²) in [5.74, 6) is 1.54. The van der Waals surface area contributed by atoms with Gasteiger partial charge in [0.05, 0.1) is 6.20 Å². The molecule has 0 aliphatic heterocycles. The number of aromatic nitrogens is 4. The smallest absolute Gasteiger partial charge is 0.165 e. The molecule has 0 spiro atoms. The molecule has 27 heavy (non-hydrogen) atoms. The van der Waals surface area contributed by atoms with E-state index in [-0.39, 0.29) is 0 Å². The normalized spacial score (nSPS) is 11.5. The number of fused-ring (bicyclic) bond motifs is 1. The predicted octanol–water partition coefficient (Wildman–Crippen LogP) is 5.16. The van der Waals surface area contributed by atoms with Gasteiger partial charge in [-0.05, 0) is 44.2 Å². The monoisotopic (exact) mass is 365 g/mol. The van der Waals surface area contributed by atoms with E-state index in [4.69, 9.17) is 10.1 Å². The lowest BCUT2D eigenvalue weighted by Crippen LogP contribution is -2.27. The molecule has 0 atom stereocenters. The van der Waals surface area contributed by atoms with Crippen LogP contribution in [-0.2, 0) is 0 Å². The summed E-state index contributed by atoms with van der Waals surface area (Å²) in [6.07, 6.45) is 6.12. The molecule has 3 aromatic rings. The number of nitrogens with zero attached hydrogens (tertiary/aromatic N) is 5. The first kappa shape index (κ1) is 19.3. The van der Waals surface area contributed by atoms with Crippen LogP contribution < -0.4 is 4.90 Å². The molecule has 0 bridgehead atoms. The van der Waals surface area contributed by atoms with Crippen LogP contribution in [0.2, 0.25) is 0 Å². The van der Waals surface area contributed by atoms with Gasteiger partial charge in [-0.2, -0.15) is 9.61 Å². The van der Waals surface area contributed by atoms with Crippen molar-refractivity contribution >= 4 is 11.5 Å². The largest absolute Gasteiger partial charge is 0.356 e. The van der Waals surface area contributed by atoms with Crippen molar-refractivity contribution in [1.29, 1.82) is 0 Å². The van der Waals surface area contributed by atoms with Crippen LogP contribution in [0.15, 0.2) is 24.5 Å². The molecular formula is C22H31N5. The van der Waals surface area contributed by atoms with E-state index in [0.717, 1.165) is 59.9 Å². The van der Waals surface area contributed by atoms with Crippen molar-refractivity contribution in [3.05, 3.63) is 41.5 Å². The van der Waals surface area contributed by atoms with Crippen LogP contribution in [0.5, 0.6) is 0 Å². The van der Waals surface area contributed by atoms with Crippen LogP contribution in [0.3, 0.4) is 0 Å². The molecule has 3 aromatic heterocycles. The molecule has 0 aliphatic carbocycles. The second kappa shape index (κ2) is 8.07. The maximum absolute atomic E-state index is 4.82. The number of pyridine rings is 1. The first-order chi connectivity index (χ1) is 13.0. The highest BCUT2D eigenvalue weighted by Gasteiger charge is 2.17. The van der Waals surface area contributed by atoms with E-state index >= 15 is 0 Å². The third-order valence-corrected chi connectivity index (χ3v) is 4.91. The Morgan fingerprint density at radius 1 is 1.00 bits per heavy atom. The molecule has 0 saturated heterocycles. The van der Waals surface area contributed by atoms with Crippen LogP contribution >= 0.6 is 0 Å². The van der Waals surface area contributed by atoms with Crippen molar-refractivity contribution in [1.82, 2.24) is 19.6 Å². The molecular weight excluding hydrogens is 334 g/mol. The Labute approximate surface area is 162 Å². The van der Waals surface area contributed by atoms with Gasteiger partial charge in [0.1, 0.15) is 5.82 Å². The molecule has 0 amide bonds. The van der Waals surface area contributed by atoms with E-state index in [9.17, 15) is 0 Å². The lowest BCUT2D eigenvalue weighted by Gasteiger charge is -2.24. The van der Waals surface area contributed by atoms with E-state index in [0.29, 0.717) is 5.92 Å². The molecule has 0 aromatic carbocycles. The first-order valence-electron chi connectivity index (χ1n) is 10.0. The Balaban J connectivity index is 2.14. The first-order valence-corrected chi connectivity index (χ1v) is 10.0. The van der Waals surface area contributed by atoms with Gasteiger partial charge in [0.2, 0.25) is 0 Å². The number of hydrogen-bond acceptors (Lipinski definition) is 4. The third-order valence-electron chi connectivity index (χ3n) is 4.91. The average molecular weight is 366 g/mol. The van der Waals surface area contributed by atoms with Gasteiger partial charge in [0.25, 0.3) is 0 Å². The highest BCUT2D eigenvalue weighted by Crippen LogP contribution is 2.30. The Morgan fingerprint density at radius 2 is 1.70 bits per heavy atom. The number of aryl methyl sites for hydroxylation is 2. The number of rotatable bonds is 7. The zero-order valence-electron chi connectivity index (χ0n) is 17.5. The van der Waals surface area contributed by atoms with Gasteiger partial charge in [0, 0.05) is 47.9 Å². The summed E-state index contributed by atoms with van der Waals surface area (Å²) in [4.78, 5) is 11.9. The molecule has 0 aliphatic rings. The summed E-state index contributed by atoms with van der Waals surface area (Å²) in [6.45, 7) is 15.0.